The molecule has 0 spiro atoms. The third kappa shape index (κ3) is 6.52. The van der Waals surface area contributed by atoms with Crippen molar-refractivity contribution in [3.05, 3.63) is 87.0 Å². The molecular weight excluding hydrogens is 594 g/mol. The van der Waals surface area contributed by atoms with E-state index in [1.165, 1.54) is 37.7 Å². The first kappa shape index (κ1) is 33.1. The molecule has 2 heterocycles. The lowest BCUT2D eigenvalue weighted by Gasteiger charge is -2.31. The van der Waals surface area contributed by atoms with Crippen LogP contribution in [0.1, 0.15) is 46.3 Å². The van der Waals surface area contributed by atoms with Gasteiger partial charge in [0.25, 0.3) is 11.5 Å². The van der Waals surface area contributed by atoms with Gasteiger partial charge in [-0.1, -0.05) is 25.1 Å². The zero-order valence-corrected chi connectivity index (χ0v) is 25.6. The van der Waals surface area contributed by atoms with Crippen LogP contribution in [0, 0.1) is 26.6 Å². The fourth-order valence-corrected chi connectivity index (χ4v) is 5.54. The molecule has 0 fully saturated rings. The van der Waals surface area contributed by atoms with Gasteiger partial charge in [0.1, 0.15) is 23.7 Å². The monoisotopic (exact) mass is 627 g/mol. The van der Waals surface area contributed by atoms with Gasteiger partial charge in [-0.05, 0) is 56.5 Å². The number of benzene rings is 2. The van der Waals surface area contributed by atoms with Crippen LogP contribution in [0.15, 0.2) is 47.4 Å². The van der Waals surface area contributed by atoms with Crippen molar-refractivity contribution in [1.82, 2.24) is 19.9 Å². The molecule has 4 rings (SSSR count). The first-order valence-corrected chi connectivity index (χ1v) is 14.1. The van der Waals surface area contributed by atoms with Crippen molar-refractivity contribution in [2.45, 2.75) is 58.8 Å². The minimum absolute atomic E-state index is 0.0400. The molecule has 2 aromatic carbocycles. The number of carbonyl (C=O) groups is 2. The Kier molecular flexibility index (Phi) is 9.31. The van der Waals surface area contributed by atoms with E-state index in [1.54, 1.807) is 45.2 Å². The average molecular weight is 628 g/mol. The lowest BCUT2D eigenvalue weighted by molar-refractivity contribution is -0.148. The Morgan fingerprint density at radius 3 is 2.42 bits per heavy atom. The average Bonchev–Trinajstić information content (AvgIpc) is 2.95. The van der Waals surface area contributed by atoms with Gasteiger partial charge < -0.3 is 15.3 Å². The number of pyridine rings is 1. The summed E-state index contributed by atoms with van der Waals surface area (Å²) in [5, 5.41) is 12.9. The third-order valence-electron chi connectivity index (χ3n) is 7.99. The number of nitrogens with zero attached hydrogens (tertiary/aromatic N) is 4. The Morgan fingerprint density at radius 1 is 1.13 bits per heavy atom. The van der Waals surface area contributed by atoms with Gasteiger partial charge in [-0.2, -0.15) is 13.2 Å². The van der Waals surface area contributed by atoms with Gasteiger partial charge in [0.2, 0.25) is 0 Å². The first-order chi connectivity index (χ1) is 21.1. The molecular formula is C32H33F4N5O4. The molecule has 0 aliphatic carbocycles. The van der Waals surface area contributed by atoms with E-state index in [-0.39, 0.29) is 29.7 Å². The molecule has 2 atom stereocenters. The second-order valence-corrected chi connectivity index (χ2v) is 10.9. The number of aryl methyl sites for hydroxylation is 3. The Labute approximate surface area is 256 Å². The smallest absolute Gasteiger partial charge is 0.408 e. The van der Waals surface area contributed by atoms with Crippen molar-refractivity contribution in [2.24, 2.45) is 7.05 Å². The molecule has 9 nitrogen and oxygen atoms in total. The van der Waals surface area contributed by atoms with Crippen molar-refractivity contribution in [1.29, 1.82) is 0 Å². The highest BCUT2D eigenvalue weighted by atomic mass is 19.4. The number of carbonyl (C=O) groups excluding carboxylic acids is 1. The van der Waals surface area contributed by atoms with Crippen molar-refractivity contribution in [3.8, 4) is 11.1 Å². The van der Waals surface area contributed by atoms with Crippen LogP contribution in [0.5, 0.6) is 0 Å². The largest absolute Gasteiger partial charge is 0.480 e. The third-order valence-corrected chi connectivity index (χ3v) is 7.99. The molecule has 0 saturated heterocycles. The van der Waals surface area contributed by atoms with Crippen LogP contribution in [-0.4, -0.2) is 56.8 Å². The molecule has 4 aromatic rings. The standard InChI is InChI=1S/C32H33F4N5O4/c1-7-25(32(34,35)36)41(6)20-13-16(2)26(23(33)15-20)29(42)39-24(31(44)45)14-19-10-11-22(28-21(19)9-8-12-37-28)27-17(3)38-18(4)40(5)30(27)43/h8-13,15,24-25H,7,14H2,1-6H3,(H,39,42)(H,44,45)/t24-,25+/m0/s1. The summed E-state index contributed by atoms with van der Waals surface area (Å²) in [4.78, 5) is 48.4. The maximum Gasteiger partial charge on any atom is 0.408 e. The molecule has 1 amide bonds. The van der Waals surface area contributed by atoms with E-state index in [0.717, 1.165) is 11.0 Å². The number of anilines is 1. The Morgan fingerprint density at radius 2 is 1.82 bits per heavy atom. The fraction of sp³-hybridized carbons (Fsp3) is 0.344. The van der Waals surface area contributed by atoms with Gasteiger partial charge in [0.15, 0.2) is 0 Å². The van der Waals surface area contributed by atoms with E-state index >= 15 is 4.39 Å². The lowest BCUT2D eigenvalue weighted by Crippen LogP contribution is -2.44. The van der Waals surface area contributed by atoms with Crippen LogP contribution in [-0.2, 0) is 18.3 Å². The minimum atomic E-state index is -4.55. The predicted molar refractivity (Wildman–Crippen MR) is 162 cm³/mol. The Bertz CT molecular complexity index is 1830. The Hall–Kier alpha value is -4.81. The second-order valence-electron chi connectivity index (χ2n) is 10.9. The molecule has 45 heavy (non-hydrogen) atoms. The van der Waals surface area contributed by atoms with Crippen molar-refractivity contribution >= 4 is 28.5 Å². The molecule has 0 bridgehead atoms. The molecule has 13 heteroatoms. The van der Waals surface area contributed by atoms with Gasteiger partial charge in [0.05, 0.1) is 22.3 Å². The van der Waals surface area contributed by atoms with Crippen LogP contribution in [0.3, 0.4) is 0 Å². The highest BCUT2D eigenvalue weighted by Crippen LogP contribution is 2.32. The molecule has 2 aromatic heterocycles. The summed E-state index contributed by atoms with van der Waals surface area (Å²) in [5.41, 5.74) is 1.51. The van der Waals surface area contributed by atoms with Gasteiger partial charge in [-0.3, -0.25) is 19.1 Å². The van der Waals surface area contributed by atoms with Gasteiger partial charge in [0, 0.05) is 43.4 Å². The zero-order chi connectivity index (χ0) is 33.4. The van der Waals surface area contributed by atoms with Crippen molar-refractivity contribution in [3.63, 3.8) is 0 Å². The number of rotatable bonds is 9. The number of amides is 1. The SMILES string of the molecule is CC[C@@H](N(C)c1cc(C)c(C(=O)N[C@@H](Cc2ccc(-c3c(C)nc(C)n(C)c3=O)c3ncccc23)C(=O)O)c(F)c1)C(F)(F)F. The number of alkyl halides is 3. The van der Waals surface area contributed by atoms with Crippen molar-refractivity contribution < 1.29 is 32.3 Å². The minimum Gasteiger partial charge on any atom is -0.480 e. The number of carboxylic acids is 1. The van der Waals surface area contributed by atoms with E-state index in [0.29, 0.717) is 39.1 Å². The number of aromatic nitrogens is 3. The first-order valence-electron chi connectivity index (χ1n) is 14.1. The highest BCUT2D eigenvalue weighted by Gasteiger charge is 2.41. The van der Waals surface area contributed by atoms with Crippen LogP contribution in [0.2, 0.25) is 0 Å². The number of hydrogen-bond donors (Lipinski definition) is 2. The summed E-state index contributed by atoms with van der Waals surface area (Å²) < 4.78 is 57.0. The van der Waals surface area contributed by atoms with E-state index in [9.17, 15) is 32.7 Å². The van der Waals surface area contributed by atoms with Crippen molar-refractivity contribution in [2.75, 3.05) is 11.9 Å². The molecule has 2 N–H and O–H groups in total. The normalized spacial score (nSPS) is 13.0. The molecule has 0 aliphatic heterocycles. The second kappa shape index (κ2) is 12.7. The quantitative estimate of drug-likeness (QED) is 0.243. The fourth-order valence-electron chi connectivity index (χ4n) is 5.54. The summed E-state index contributed by atoms with van der Waals surface area (Å²) in [7, 11) is 2.80. The molecule has 0 unspecified atom stereocenters. The van der Waals surface area contributed by atoms with Gasteiger partial charge >= 0.3 is 12.1 Å². The van der Waals surface area contributed by atoms with E-state index < -0.39 is 41.5 Å². The number of aliphatic carboxylic acids is 1. The van der Waals surface area contributed by atoms with E-state index in [1.807, 2.05) is 0 Å². The number of nitrogens with one attached hydrogen (secondary N) is 1. The van der Waals surface area contributed by atoms with Crippen LogP contribution >= 0.6 is 0 Å². The molecule has 0 radical (unpaired) electrons. The topological polar surface area (TPSA) is 117 Å². The summed E-state index contributed by atoms with van der Waals surface area (Å²) in [5.74, 6) is -2.96. The molecule has 0 saturated carbocycles. The van der Waals surface area contributed by atoms with E-state index in [2.05, 4.69) is 15.3 Å². The summed E-state index contributed by atoms with van der Waals surface area (Å²) in [6.07, 6.45) is -3.50. The zero-order valence-electron chi connectivity index (χ0n) is 25.6. The maximum atomic E-state index is 15.2. The van der Waals surface area contributed by atoms with Crippen LogP contribution in [0.4, 0.5) is 23.2 Å². The maximum absolute atomic E-state index is 15.2. The highest BCUT2D eigenvalue weighted by molar-refractivity contribution is 5.99. The van der Waals surface area contributed by atoms with E-state index in [4.69, 9.17) is 0 Å². The summed E-state index contributed by atoms with van der Waals surface area (Å²) in [6.45, 7) is 6.16. The molecule has 0 aliphatic rings. The summed E-state index contributed by atoms with van der Waals surface area (Å²) in [6, 6.07) is 5.38. The van der Waals surface area contributed by atoms with Gasteiger partial charge in [-0.15, -0.1) is 0 Å². The van der Waals surface area contributed by atoms with Gasteiger partial charge in [-0.25, -0.2) is 14.2 Å². The number of halogens is 4. The Balaban J connectivity index is 1.67. The lowest BCUT2D eigenvalue weighted by atomic mass is 9.95. The number of carboxylic acid groups (broad SMARTS) is 1. The predicted octanol–water partition coefficient (Wildman–Crippen LogP) is 5.26. The number of hydrogen-bond acceptors (Lipinski definition) is 6. The summed E-state index contributed by atoms with van der Waals surface area (Å²) >= 11 is 0. The van der Waals surface area contributed by atoms with Crippen LogP contribution in [0.25, 0.3) is 22.0 Å². The van der Waals surface area contributed by atoms with Crippen LogP contribution < -0.4 is 15.8 Å². The molecule has 238 valence electrons. The number of fused-ring (bicyclic) bond motifs is 1.